The summed E-state index contributed by atoms with van der Waals surface area (Å²) in [5.74, 6) is 0.596. The molecule has 1 aliphatic carbocycles. The van der Waals surface area contributed by atoms with Gasteiger partial charge in [0.25, 0.3) is 0 Å². The summed E-state index contributed by atoms with van der Waals surface area (Å²) in [7, 11) is 0. The Hall–Kier alpha value is -1.12. The summed E-state index contributed by atoms with van der Waals surface area (Å²) in [6, 6.07) is 2.40. The molecule has 1 aromatic heterocycles. The van der Waals surface area contributed by atoms with Crippen molar-refractivity contribution in [1.82, 2.24) is 9.78 Å². The van der Waals surface area contributed by atoms with Crippen LogP contribution in [0.3, 0.4) is 0 Å². The van der Waals surface area contributed by atoms with Gasteiger partial charge in [0, 0.05) is 18.2 Å². The van der Waals surface area contributed by atoms with Gasteiger partial charge in [0.1, 0.15) is 5.78 Å². The predicted octanol–water partition coefficient (Wildman–Crippen LogP) is 3.79. The van der Waals surface area contributed by atoms with Crippen LogP contribution >= 0.6 is 0 Å². The summed E-state index contributed by atoms with van der Waals surface area (Å²) < 4.78 is 1.97. The predicted molar refractivity (Wildman–Crippen MR) is 77.1 cm³/mol. The molecule has 0 aromatic carbocycles. The Balaban J connectivity index is 2.01. The molecule has 0 saturated heterocycles. The van der Waals surface area contributed by atoms with Crippen molar-refractivity contribution in [2.45, 2.75) is 65.8 Å². The molecule has 1 aromatic rings. The maximum absolute atomic E-state index is 12.4. The van der Waals surface area contributed by atoms with Crippen LogP contribution in [0.1, 0.15) is 65.1 Å². The molecule has 106 valence electrons. The van der Waals surface area contributed by atoms with E-state index in [-0.39, 0.29) is 11.3 Å². The lowest BCUT2D eigenvalue weighted by atomic mass is 9.78. The van der Waals surface area contributed by atoms with Crippen molar-refractivity contribution in [1.29, 1.82) is 0 Å². The molecule has 0 radical (unpaired) electrons. The Bertz CT molecular complexity index is 447. The zero-order chi connectivity index (χ0) is 14.0. The highest BCUT2D eigenvalue weighted by molar-refractivity contribution is 5.83. The van der Waals surface area contributed by atoms with Crippen LogP contribution in [-0.4, -0.2) is 15.6 Å². The van der Waals surface area contributed by atoms with E-state index in [9.17, 15) is 4.79 Å². The van der Waals surface area contributed by atoms with E-state index in [1.165, 1.54) is 12.8 Å². The minimum atomic E-state index is 0.177. The Morgan fingerprint density at radius 1 is 1.58 bits per heavy atom. The molecule has 0 spiro atoms. The number of rotatable bonds is 5. The molecule has 0 bridgehead atoms. The third-order valence-corrected chi connectivity index (χ3v) is 4.71. The van der Waals surface area contributed by atoms with Crippen molar-refractivity contribution in [3.05, 3.63) is 18.0 Å². The molecular weight excluding hydrogens is 236 g/mol. The van der Waals surface area contributed by atoms with E-state index >= 15 is 0 Å². The first-order valence-corrected chi connectivity index (χ1v) is 7.51. The molecule has 1 fully saturated rings. The first-order valence-electron chi connectivity index (χ1n) is 7.51. The fourth-order valence-electron chi connectivity index (χ4n) is 3.13. The second-order valence-electron chi connectivity index (χ2n) is 6.62. The van der Waals surface area contributed by atoms with Crippen molar-refractivity contribution in [3.8, 4) is 0 Å². The number of ketones is 1. The topological polar surface area (TPSA) is 34.9 Å². The summed E-state index contributed by atoms with van der Waals surface area (Å²) in [5.41, 5.74) is 1.10. The zero-order valence-corrected chi connectivity index (χ0v) is 12.6. The molecule has 1 heterocycles. The van der Waals surface area contributed by atoms with Crippen LogP contribution in [0.5, 0.6) is 0 Å². The van der Waals surface area contributed by atoms with Crippen molar-refractivity contribution in [2.75, 3.05) is 0 Å². The molecule has 3 heteroatoms. The van der Waals surface area contributed by atoms with E-state index in [0.717, 1.165) is 18.5 Å². The number of hydrogen-bond donors (Lipinski definition) is 0. The molecule has 0 amide bonds. The van der Waals surface area contributed by atoms with E-state index in [4.69, 9.17) is 0 Å². The van der Waals surface area contributed by atoms with Gasteiger partial charge in [-0.25, -0.2) is 0 Å². The Morgan fingerprint density at radius 2 is 2.32 bits per heavy atom. The van der Waals surface area contributed by atoms with Crippen molar-refractivity contribution >= 4 is 5.78 Å². The van der Waals surface area contributed by atoms with Gasteiger partial charge in [-0.2, -0.15) is 5.10 Å². The normalized spacial score (nSPS) is 23.5. The van der Waals surface area contributed by atoms with Gasteiger partial charge in [-0.05, 0) is 37.7 Å². The maximum Gasteiger partial charge on any atom is 0.142 e. The SMILES string of the molecule is CCC(C)n1ccc(CC(=O)C2CCCC2(C)C)n1. The lowest BCUT2D eigenvalue weighted by Gasteiger charge is -2.25. The summed E-state index contributed by atoms with van der Waals surface area (Å²) in [6.45, 7) is 8.75. The lowest BCUT2D eigenvalue weighted by molar-refractivity contribution is -0.124. The third-order valence-electron chi connectivity index (χ3n) is 4.71. The molecule has 1 saturated carbocycles. The van der Waals surface area contributed by atoms with E-state index in [1.807, 2.05) is 16.9 Å². The second-order valence-corrected chi connectivity index (χ2v) is 6.62. The number of nitrogens with zero attached hydrogens (tertiary/aromatic N) is 2. The molecule has 2 atom stereocenters. The monoisotopic (exact) mass is 262 g/mol. The van der Waals surface area contributed by atoms with Crippen LogP contribution in [0.25, 0.3) is 0 Å². The molecule has 0 N–H and O–H groups in total. The van der Waals surface area contributed by atoms with Crippen molar-refractivity contribution < 1.29 is 4.79 Å². The van der Waals surface area contributed by atoms with Gasteiger partial charge in [-0.3, -0.25) is 9.48 Å². The quantitative estimate of drug-likeness (QED) is 0.809. The minimum absolute atomic E-state index is 0.177. The highest BCUT2D eigenvalue weighted by atomic mass is 16.1. The lowest BCUT2D eigenvalue weighted by Crippen LogP contribution is -2.27. The van der Waals surface area contributed by atoms with Gasteiger partial charge < -0.3 is 0 Å². The van der Waals surface area contributed by atoms with Gasteiger partial charge in [-0.15, -0.1) is 0 Å². The number of aromatic nitrogens is 2. The second kappa shape index (κ2) is 5.48. The number of Topliss-reactive ketones (excluding diaryl/α,β-unsaturated/α-hetero) is 1. The summed E-state index contributed by atoms with van der Waals surface area (Å²) in [4.78, 5) is 12.4. The average molecular weight is 262 g/mol. The van der Waals surface area contributed by atoms with Crippen LogP contribution in [0, 0.1) is 11.3 Å². The van der Waals surface area contributed by atoms with Crippen molar-refractivity contribution in [2.24, 2.45) is 11.3 Å². The molecule has 1 aliphatic rings. The van der Waals surface area contributed by atoms with E-state index in [0.29, 0.717) is 18.2 Å². The first kappa shape index (κ1) is 14.3. The molecule has 2 unspecified atom stereocenters. The Kier molecular flexibility index (Phi) is 4.12. The van der Waals surface area contributed by atoms with Crippen LogP contribution in [-0.2, 0) is 11.2 Å². The summed E-state index contributed by atoms with van der Waals surface area (Å²) in [6.07, 6.45) is 6.96. The number of hydrogen-bond acceptors (Lipinski definition) is 2. The third kappa shape index (κ3) is 3.07. The number of carbonyl (C=O) groups excluding carboxylic acids is 1. The largest absolute Gasteiger partial charge is 0.299 e. The standard InChI is InChI=1S/C16H26N2O/c1-5-12(2)18-10-8-13(17-18)11-15(19)14-7-6-9-16(14,3)4/h8,10,12,14H,5-7,9,11H2,1-4H3. The van der Waals surface area contributed by atoms with Gasteiger partial charge in [0.15, 0.2) is 0 Å². The van der Waals surface area contributed by atoms with Crippen molar-refractivity contribution in [3.63, 3.8) is 0 Å². The van der Waals surface area contributed by atoms with E-state index in [2.05, 4.69) is 32.8 Å². The van der Waals surface area contributed by atoms with E-state index in [1.54, 1.807) is 0 Å². The van der Waals surface area contributed by atoms with E-state index < -0.39 is 0 Å². The van der Waals surface area contributed by atoms with Gasteiger partial charge in [0.2, 0.25) is 0 Å². The smallest absolute Gasteiger partial charge is 0.142 e. The minimum Gasteiger partial charge on any atom is -0.299 e. The maximum atomic E-state index is 12.4. The first-order chi connectivity index (χ1) is 8.94. The molecule has 0 aliphatic heterocycles. The van der Waals surface area contributed by atoms with Gasteiger partial charge in [0.05, 0.1) is 12.1 Å². The highest BCUT2D eigenvalue weighted by Crippen LogP contribution is 2.43. The molecule has 3 nitrogen and oxygen atoms in total. The Labute approximate surface area is 116 Å². The van der Waals surface area contributed by atoms with Crippen LogP contribution in [0.15, 0.2) is 12.3 Å². The molecular formula is C16H26N2O. The Morgan fingerprint density at radius 3 is 2.89 bits per heavy atom. The fraction of sp³-hybridized carbons (Fsp3) is 0.750. The molecule has 19 heavy (non-hydrogen) atoms. The summed E-state index contributed by atoms with van der Waals surface area (Å²) in [5, 5.41) is 4.54. The number of carbonyl (C=O) groups is 1. The zero-order valence-electron chi connectivity index (χ0n) is 12.6. The molecule has 2 rings (SSSR count). The average Bonchev–Trinajstić information content (AvgIpc) is 2.94. The fourth-order valence-corrected chi connectivity index (χ4v) is 3.13. The van der Waals surface area contributed by atoms with Crippen LogP contribution < -0.4 is 0 Å². The highest BCUT2D eigenvalue weighted by Gasteiger charge is 2.38. The van der Waals surface area contributed by atoms with Crippen LogP contribution in [0.4, 0.5) is 0 Å². The van der Waals surface area contributed by atoms with Crippen LogP contribution in [0.2, 0.25) is 0 Å². The summed E-state index contributed by atoms with van der Waals surface area (Å²) >= 11 is 0. The van der Waals surface area contributed by atoms with Gasteiger partial charge in [-0.1, -0.05) is 27.2 Å². The van der Waals surface area contributed by atoms with Gasteiger partial charge >= 0.3 is 0 Å².